The lowest BCUT2D eigenvalue weighted by Gasteiger charge is -2.36. The minimum absolute atomic E-state index is 0.0649. The van der Waals surface area contributed by atoms with Gasteiger partial charge in [-0.15, -0.1) is 0 Å². The van der Waals surface area contributed by atoms with Gasteiger partial charge in [-0.25, -0.2) is 18.2 Å². The van der Waals surface area contributed by atoms with Crippen LogP contribution in [0.25, 0.3) is 11.0 Å². The molecule has 1 unspecified atom stereocenters. The SMILES string of the molecule is O=C1c2cc(F)ccc2OC1C(=O)N1CCCC[C@H]1CNc1cnc2cc(F)c(F)cc2n1. The number of Topliss-reactive ketones (excluding diaryl/α,β-unsaturated/α-hetero) is 1. The predicted octanol–water partition coefficient (Wildman–Crippen LogP) is 3.48. The van der Waals surface area contributed by atoms with Crippen LogP contribution in [0.5, 0.6) is 5.75 Å². The number of amides is 1. The Morgan fingerprint density at radius 1 is 1.12 bits per heavy atom. The lowest BCUT2D eigenvalue weighted by Crippen LogP contribution is -2.52. The quantitative estimate of drug-likeness (QED) is 0.606. The lowest BCUT2D eigenvalue weighted by molar-refractivity contribution is -0.139. The molecule has 0 bridgehead atoms. The van der Waals surface area contributed by atoms with Crippen molar-refractivity contribution in [3.05, 3.63) is 59.5 Å². The molecule has 0 spiro atoms. The Kier molecular flexibility index (Phi) is 5.35. The molecule has 1 aromatic heterocycles. The molecular weight excluding hydrogens is 437 g/mol. The molecule has 3 aromatic rings. The number of nitrogens with one attached hydrogen (secondary N) is 1. The van der Waals surface area contributed by atoms with E-state index in [9.17, 15) is 22.8 Å². The first-order valence-corrected chi connectivity index (χ1v) is 10.6. The van der Waals surface area contributed by atoms with Crippen LogP contribution in [0.3, 0.4) is 0 Å². The van der Waals surface area contributed by atoms with Crippen LogP contribution < -0.4 is 10.1 Å². The van der Waals surface area contributed by atoms with Crippen molar-refractivity contribution in [3.8, 4) is 5.75 Å². The molecule has 10 heteroatoms. The molecule has 0 aliphatic carbocycles. The Balaban J connectivity index is 1.30. The lowest BCUT2D eigenvalue weighted by atomic mass is 10.00. The molecule has 3 heterocycles. The zero-order valence-corrected chi connectivity index (χ0v) is 17.4. The number of aromatic nitrogens is 2. The predicted molar refractivity (Wildman–Crippen MR) is 112 cm³/mol. The monoisotopic (exact) mass is 456 g/mol. The summed E-state index contributed by atoms with van der Waals surface area (Å²) in [5, 5.41) is 3.09. The Hall–Kier alpha value is -3.69. The second-order valence-corrected chi connectivity index (χ2v) is 8.08. The van der Waals surface area contributed by atoms with Crippen LogP contribution in [0.15, 0.2) is 36.5 Å². The molecule has 0 radical (unpaired) electrons. The summed E-state index contributed by atoms with van der Waals surface area (Å²) in [5.74, 6) is -3.06. The summed E-state index contributed by atoms with van der Waals surface area (Å²) in [6, 6.07) is 5.31. The van der Waals surface area contributed by atoms with Gasteiger partial charge in [-0.05, 0) is 37.5 Å². The molecule has 2 aliphatic heterocycles. The smallest absolute Gasteiger partial charge is 0.272 e. The van der Waals surface area contributed by atoms with E-state index in [0.29, 0.717) is 25.3 Å². The Morgan fingerprint density at radius 3 is 2.73 bits per heavy atom. The van der Waals surface area contributed by atoms with E-state index in [1.165, 1.54) is 18.3 Å². The molecule has 1 N–H and O–H groups in total. The Labute approximate surface area is 186 Å². The van der Waals surface area contributed by atoms with Crippen molar-refractivity contribution >= 4 is 28.5 Å². The van der Waals surface area contributed by atoms with E-state index in [2.05, 4.69) is 15.3 Å². The van der Waals surface area contributed by atoms with Crippen LogP contribution in [-0.2, 0) is 4.79 Å². The number of nitrogens with zero attached hydrogens (tertiary/aromatic N) is 3. The van der Waals surface area contributed by atoms with Gasteiger partial charge in [0, 0.05) is 31.3 Å². The third kappa shape index (κ3) is 3.96. The van der Waals surface area contributed by atoms with Crippen LogP contribution in [0.1, 0.15) is 29.6 Å². The first-order chi connectivity index (χ1) is 15.9. The summed E-state index contributed by atoms with van der Waals surface area (Å²) in [6.07, 6.45) is 2.45. The number of ether oxygens (including phenoxy) is 1. The van der Waals surface area contributed by atoms with Gasteiger partial charge in [0.2, 0.25) is 11.9 Å². The maximum atomic E-state index is 13.5. The van der Waals surface area contributed by atoms with Gasteiger partial charge in [0.25, 0.3) is 5.91 Å². The summed E-state index contributed by atoms with van der Waals surface area (Å²) in [5.41, 5.74) is 0.488. The zero-order valence-electron chi connectivity index (χ0n) is 17.4. The molecule has 1 amide bonds. The number of hydrogen-bond acceptors (Lipinski definition) is 6. The number of halogens is 3. The number of carbonyl (C=O) groups is 2. The highest BCUT2D eigenvalue weighted by Gasteiger charge is 2.42. The minimum atomic E-state index is -1.33. The fourth-order valence-electron chi connectivity index (χ4n) is 4.25. The van der Waals surface area contributed by atoms with E-state index in [1.54, 1.807) is 4.90 Å². The fourth-order valence-corrected chi connectivity index (χ4v) is 4.25. The van der Waals surface area contributed by atoms with E-state index in [0.717, 1.165) is 31.0 Å². The van der Waals surface area contributed by atoms with Crippen LogP contribution >= 0.6 is 0 Å². The van der Waals surface area contributed by atoms with Gasteiger partial charge in [0.05, 0.1) is 22.8 Å². The maximum absolute atomic E-state index is 13.5. The number of rotatable bonds is 4. The van der Waals surface area contributed by atoms with Crippen LogP contribution in [0.2, 0.25) is 0 Å². The molecule has 33 heavy (non-hydrogen) atoms. The molecule has 2 aliphatic rings. The molecule has 2 atom stereocenters. The minimum Gasteiger partial charge on any atom is -0.472 e. The van der Waals surface area contributed by atoms with Crippen molar-refractivity contribution < 1.29 is 27.5 Å². The zero-order chi connectivity index (χ0) is 23.1. The molecule has 5 rings (SSSR count). The summed E-state index contributed by atoms with van der Waals surface area (Å²) in [4.78, 5) is 35.8. The number of carbonyl (C=O) groups excluding carboxylic acids is 2. The normalized spacial score (nSPS) is 20.0. The number of ketones is 1. The number of benzene rings is 2. The number of hydrogen-bond donors (Lipinski definition) is 1. The average molecular weight is 456 g/mol. The van der Waals surface area contributed by atoms with Gasteiger partial charge in [-0.3, -0.25) is 14.6 Å². The first-order valence-electron chi connectivity index (χ1n) is 10.6. The van der Waals surface area contributed by atoms with Gasteiger partial charge in [-0.1, -0.05) is 0 Å². The number of likely N-dealkylation sites (tertiary alicyclic amines) is 1. The van der Waals surface area contributed by atoms with Crippen LogP contribution in [-0.4, -0.2) is 51.8 Å². The van der Waals surface area contributed by atoms with E-state index < -0.39 is 35.2 Å². The number of piperidine rings is 1. The topological polar surface area (TPSA) is 84.4 Å². The highest BCUT2D eigenvalue weighted by atomic mass is 19.2. The molecule has 1 fully saturated rings. The van der Waals surface area contributed by atoms with Crippen molar-refractivity contribution in [3.63, 3.8) is 0 Å². The Bertz CT molecular complexity index is 1270. The Morgan fingerprint density at radius 2 is 1.91 bits per heavy atom. The summed E-state index contributed by atoms with van der Waals surface area (Å²) >= 11 is 0. The van der Waals surface area contributed by atoms with Gasteiger partial charge < -0.3 is 15.0 Å². The van der Waals surface area contributed by atoms with Crippen molar-refractivity contribution in [1.82, 2.24) is 14.9 Å². The molecule has 7 nitrogen and oxygen atoms in total. The van der Waals surface area contributed by atoms with Crippen molar-refractivity contribution in [1.29, 1.82) is 0 Å². The third-order valence-corrected chi connectivity index (χ3v) is 5.93. The molecular formula is C23H19F3N4O3. The largest absolute Gasteiger partial charge is 0.472 e. The van der Waals surface area contributed by atoms with Gasteiger partial charge in [0.15, 0.2) is 11.6 Å². The van der Waals surface area contributed by atoms with Crippen molar-refractivity contribution in [2.45, 2.75) is 31.4 Å². The summed E-state index contributed by atoms with van der Waals surface area (Å²) in [7, 11) is 0. The molecule has 0 saturated carbocycles. The maximum Gasteiger partial charge on any atom is 0.272 e. The molecule has 170 valence electrons. The summed E-state index contributed by atoms with van der Waals surface area (Å²) < 4.78 is 46.0. The number of anilines is 1. The second-order valence-electron chi connectivity index (χ2n) is 8.08. The van der Waals surface area contributed by atoms with E-state index in [4.69, 9.17) is 4.74 Å². The fraction of sp³-hybridized carbons (Fsp3) is 0.304. The molecule has 1 saturated heterocycles. The standard InChI is InChI=1S/C23H19F3N4O3/c24-12-4-5-19-14(7-12)21(31)22(33-19)23(32)30-6-2-1-3-13(30)10-28-20-11-27-17-8-15(25)16(26)9-18(17)29-20/h4-5,7-9,11,13,22H,1-3,6,10H2,(H,28,29)/t13-,22?/m0/s1. The van der Waals surface area contributed by atoms with Crippen molar-refractivity contribution in [2.24, 2.45) is 0 Å². The third-order valence-electron chi connectivity index (χ3n) is 5.93. The van der Waals surface area contributed by atoms with Crippen molar-refractivity contribution in [2.75, 3.05) is 18.4 Å². The van der Waals surface area contributed by atoms with Gasteiger partial charge in [-0.2, -0.15) is 0 Å². The number of fused-ring (bicyclic) bond motifs is 2. The van der Waals surface area contributed by atoms with E-state index >= 15 is 0 Å². The second kappa shape index (κ2) is 8.34. The van der Waals surface area contributed by atoms with E-state index in [1.807, 2.05) is 0 Å². The van der Waals surface area contributed by atoms with Gasteiger partial charge >= 0.3 is 0 Å². The van der Waals surface area contributed by atoms with Crippen LogP contribution in [0, 0.1) is 17.5 Å². The average Bonchev–Trinajstić information content (AvgIpc) is 3.14. The van der Waals surface area contributed by atoms with Gasteiger partial charge in [0.1, 0.15) is 17.4 Å². The highest BCUT2D eigenvalue weighted by molar-refractivity contribution is 6.16. The summed E-state index contributed by atoms with van der Waals surface area (Å²) in [6.45, 7) is 0.773. The first kappa shape index (κ1) is 21.2. The van der Waals surface area contributed by atoms with E-state index in [-0.39, 0.29) is 28.4 Å². The highest BCUT2D eigenvalue weighted by Crippen LogP contribution is 2.31. The van der Waals surface area contributed by atoms with Crippen LogP contribution in [0.4, 0.5) is 19.0 Å². The molecule has 2 aromatic carbocycles.